The lowest BCUT2D eigenvalue weighted by Gasteiger charge is -2.36. The van der Waals surface area contributed by atoms with Gasteiger partial charge in [-0.15, -0.1) is 6.42 Å². The molecule has 1 heterocycles. The lowest BCUT2D eigenvalue weighted by Crippen LogP contribution is -2.42. The first-order valence-corrected chi connectivity index (χ1v) is 5.67. The van der Waals surface area contributed by atoms with E-state index in [1.165, 1.54) is 0 Å². The zero-order valence-corrected chi connectivity index (χ0v) is 9.52. The highest BCUT2D eigenvalue weighted by molar-refractivity contribution is 5.89. The van der Waals surface area contributed by atoms with Crippen molar-refractivity contribution in [2.45, 2.75) is 12.8 Å². The number of rotatable bonds is 2. The molecule has 3 nitrogen and oxygen atoms in total. The Morgan fingerprint density at radius 1 is 1.75 bits per heavy atom. The first-order chi connectivity index (χ1) is 7.66. The molecule has 3 atom stereocenters. The predicted molar refractivity (Wildman–Crippen MR) is 61.3 cm³/mol. The number of allylic oxidation sites excluding steroid dienone is 2. The van der Waals surface area contributed by atoms with Crippen molar-refractivity contribution in [3.05, 3.63) is 12.2 Å². The molecular weight excluding hydrogens is 202 g/mol. The van der Waals surface area contributed by atoms with Gasteiger partial charge in [0.1, 0.15) is 5.41 Å². The maximum absolute atomic E-state index is 12.2. The molecule has 1 N–H and O–H groups in total. The molecule has 3 heteroatoms. The van der Waals surface area contributed by atoms with Crippen molar-refractivity contribution >= 4 is 5.91 Å². The molecule has 0 spiro atoms. The van der Waals surface area contributed by atoms with E-state index in [2.05, 4.69) is 12.0 Å². The first-order valence-electron chi connectivity index (χ1n) is 5.67. The summed E-state index contributed by atoms with van der Waals surface area (Å²) in [7, 11) is 1.80. The van der Waals surface area contributed by atoms with Crippen LogP contribution in [-0.4, -0.2) is 36.1 Å². The topological polar surface area (TPSA) is 40.5 Å². The van der Waals surface area contributed by atoms with Crippen LogP contribution in [0.15, 0.2) is 12.2 Å². The highest BCUT2D eigenvalue weighted by atomic mass is 16.3. The molecule has 0 saturated carbocycles. The fourth-order valence-electron chi connectivity index (χ4n) is 3.08. The lowest BCUT2D eigenvalue weighted by atomic mass is 9.63. The van der Waals surface area contributed by atoms with E-state index in [4.69, 9.17) is 11.5 Å². The molecule has 1 fully saturated rings. The Kier molecular flexibility index (Phi) is 2.77. The van der Waals surface area contributed by atoms with Crippen LogP contribution in [0, 0.1) is 29.6 Å². The van der Waals surface area contributed by atoms with Crippen LogP contribution in [0.5, 0.6) is 0 Å². The van der Waals surface area contributed by atoms with Crippen LogP contribution in [0.2, 0.25) is 0 Å². The van der Waals surface area contributed by atoms with Crippen LogP contribution in [0.1, 0.15) is 12.8 Å². The third-order valence-corrected chi connectivity index (χ3v) is 3.89. The molecule has 0 aromatic carbocycles. The number of aliphatic hydroxyl groups excluding tert-OH is 1. The summed E-state index contributed by atoms with van der Waals surface area (Å²) in [4.78, 5) is 14.0. The van der Waals surface area contributed by atoms with Gasteiger partial charge in [0, 0.05) is 32.0 Å². The average molecular weight is 219 g/mol. The maximum Gasteiger partial charge on any atom is 0.241 e. The second-order valence-electron chi connectivity index (χ2n) is 4.68. The fraction of sp³-hybridized carbons (Fsp3) is 0.615. The van der Waals surface area contributed by atoms with Gasteiger partial charge in [0.05, 0.1) is 0 Å². The summed E-state index contributed by atoms with van der Waals surface area (Å²) < 4.78 is 0. The number of likely N-dealkylation sites (tertiary alicyclic amines) is 1. The van der Waals surface area contributed by atoms with Gasteiger partial charge in [-0.2, -0.15) is 0 Å². The Hall–Kier alpha value is -1.27. The number of hydrogen-bond donors (Lipinski definition) is 1. The molecule has 0 aromatic heterocycles. The molecule has 2 rings (SSSR count). The first kappa shape index (κ1) is 11.2. The molecule has 1 aliphatic heterocycles. The van der Waals surface area contributed by atoms with Crippen molar-refractivity contribution in [2.75, 3.05) is 20.2 Å². The van der Waals surface area contributed by atoms with Gasteiger partial charge < -0.3 is 10.0 Å². The summed E-state index contributed by atoms with van der Waals surface area (Å²) in [5.41, 5.74) is -0.702. The molecule has 16 heavy (non-hydrogen) atoms. The third-order valence-electron chi connectivity index (χ3n) is 3.89. The van der Waals surface area contributed by atoms with E-state index >= 15 is 0 Å². The van der Waals surface area contributed by atoms with Gasteiger partial charge in [-0.05, 0) is 12.8 Å². The van der Waals surface area contributed by atoms with Crippen molar-refractivity contribution < 1.29 is 9.90 Å². The number of aliphatic hydroxyl groups is 1. The monoisotopic (exact) mass is 219 g/mol. The quantitative estimate of drug-likeness (QED) is 0.547. The van der Waals surface area contributed by atoms with Crippen molar-refractivity contribution in [1.82, 2.24) is 4.90 Å². The summed E-state index contributed by atoms with van der Waals surface area (Å²) in [5.74, 6) is 2.98. The second-order valence-corrected chi connectivity index (χ2v) is 4.68. The maximum atomic E-state index is 12.2. The SMILES string of the molecule is C#C[C@@]12C(=O)N(C)C[C@@H]1CC=C[C@@H]2CCO. The van der Waals surface area contributed by atoms with E-state index in [1.807, 2.05) is 6.08 Å². The molecule has 1 amide bonds. The number of nitrogens with zero attached hydrogens (tertiary/aromatic N) is 1. The van der Waals surface area contributed by atoms with Gasteiger partial charge >= 0.3 is 0 Å². The Morgan fingerprint density at radius 2 is 2.50 bits per heavy atom. The van der Waals surface area contributed by atoms with Gasteiger partial charge in [0.25, 0.3) is 0 Å². The molecule has 1 saturated heterocycles. The Bertz CT molecular complexity index is 369. The third kappa shape index (κ3) is 1.30. The van der Waals surface area contributed by atoms with Gasteiger partial charge in [0.2, 0.25) is 5.91 Å². The standard InChI is InChI=1S/C13H17NO2/c1-3-13-10(7-8-15)5-4-6-11(13)9-14(2)12(13)16/h1,4-5,10-11,15H,6-9H2,2H3/t10-,11+,13+/m1/s1. The fourth-order valence-corrected chi connectivity index (χ4v) is 3.08. The van der Waals surface area contributed by atoms with Crippen LogP contribution in [0.3, 0.4) is 0 Å². The normalized spacial score (nSPS) is 37.3. The van der Waals surface area contributed by atoms with E-state index in [1.54, 1.807) is 11.9 Å². The van der Waals surface area contributed by atoms with E-state index in [9.17, 15) is 4.79 Å². The summed E-state index contributed by atoms with van der Waals surface area (Å²) in [6, 6.07) is 0. The molecule has 1 aliphatic carbocycles. The second kappa shape index (κ2) is 3.95. The van der Waals surface area contributed by atoms with Crippen LogP contribution in [0.25, 0.3) is 0 Å². The number of carbonyl (C=O) groups excluding carboxylic acids is 1. The number of fused-ring (bicyclic) bond motifs is 1. The zero-order valence-electron chi connectivity index (χ0n) is 9.52. The van der Waals surface area contributed by atoms with E-state index in [0.717, 1.165) is 13.0 Å². The highest BCUT2D eigenvalue weighted by Gasteiger charge is 2.56. The molecule has 0 radical (unpaired) electrons. The minimum Gasteiger partial charge on any atom is -0.396 e. The molecular formula is C13H17NO2. The van der Waals surface area contributed by atoms with Crippen molar-refractivity contribution in [3.8, 4) is 12.3 Å². The van der Waals surface area contributed by atoms with E-state index < -0.39 is 5.41 Å². The molecule has 0 aromatic rings. The van der Waals surface area contributed by atoms with Gasteiger partial charge in [0.15, 0.2) is 0 Å². The number of carbonyl (C=O) groups is 1. The van der Waals surface area contributed by atoms with Crippen molar-refractivity contribution in [3.63, 3.8) is 0 Å². The number of amides is 1. The van der Waals surface area contributed by atoms with Crippen LogP contribution in [-0.2, 0) is 4.79 Å². The van der Waals surface area contributed by atoms with Gasteiger partial charge in [-0.3, -0.25) is 4.79 Å². The highest BCUT2D eigenvalue weighted by Crippen LogP contribution is 2.48. The molecule has 0 unspecified atom stereocenters. The Morgan fingerprint density at radius 3 is 3.12 bits per heavy atom. The smallest absolute Gasteiger partial charge is 0.241 e. The van der Waals surface area contributed by atoms with Crippen LogP contribution < -0.4 is 0 Å². The van der Waals surface area contributed by atoms with E-state index in [-0.39, 0.29) is 24.3 Å². The number of hydrogen-bond acceptors (Lipinski definition) is 2. The minimum atomic E-state index is -0.702. The summed E-state index contributed by atoms with van der Waals surface area (Å²) >= 11 is 0. The van der Waals surface area contributed by atoms with Gasteiger partial charge in [-0.25, -0.2) is 0 Å². The summed E-state index contributed by atoms with van der Waals surface area (Å²) in [5, 5.41) is 9.07. The van der Waals surface area contributed by atoms with Crippen LogP contribution >= 0.6 is 0 Å². The lowest BCUT2D eigenvalue weighted by molar-refractivity contribution is -0.134. The zero-order chi connectivity index (χ0) is 11.8. The minimum absolute atomic E-state index is 0.0151. The molecule has 2 aliphatic rings. The summed E-state index contributed by atoms with van der Waals surface area (Å²) in [6.45, 7) is 0.803. The predicted octanol–water partition coefficient (Wildman–Crippen LogP) is 0.653. The van der Waals surface area contributed by atoms with Crippen LogP contribution in [0.4, 0.5) is 0 Å². The summed E-state index contributed by atoms with van der Waals surface area (Å²) in [6.07, 6.45) is 11.2. The number of terminal acetylenes is 1. The van der Waals surface area contributed by atoms with E-state index in [0.29, 0.717) is 6.42 Å². The van der Waals surface area contributed by atoms with Crippen molar-refractivity contribution in [2.24, 2.45) is 17.3 Å². The average Bonchev–Trinajstić information content (AvgIpc) is 2.54. The Balaban J connectivity index is 2.41. The molecule has 86 valence electrons. The molecule has 0 bridgehead atoms. The Labute approximate surface area is 96.1 Å². The van der Waals surface area contributed by atoms with Gasteiger partial charge in [-0.1, -0.05) is 18.1 Å². The van der Waals surface area contributed by atoms with Crippen molar-refractivity contribution in [1.29, 1.82) is 0 Å². The largest absolute Gasteiger partial charge is 0.396 e.